The molecule has 0 bridgehead atoms. The highest BCUT2D eigenvalue weighted by Gasteiger charge is 2.25. The number of piperidine rings is 1. The fraction of sp³-hybridized carbons (Fsp3) is 0.636. The van der Waals surface area contributed by atoms with E-state index in [9.17, 15) is 8.42 Å². The van der Waals surface area contributed by atoms with Gasteiger partial charge in [0.2, 0.25) is 15.0 Å². The van der Waals surface area contributed by atoms with Crippen molar-refractivity contribution in [2.24, 2.45) is 0 Å². The number of halogens is 1. The van der Waals surface area contributed by atoms with Gasteiger partial charge in [-0.05, 0) is 26.3 Å². The largest absolute Gasteiger partial charge is 0.313 e. The molecule has 0 spiro atoms. The third kappa shape index (κ3) is 3.18. The summed E-state index contributed by atoms with van der Waals surface area (Å²) in [5.41, 5.74) is 0.673. The summed E-state index contributed by atoms with van der Waals surface area (Å²) in [5.74, 6) is 0.0341. The molecule has 0 saturated carbocycles. The van der Waals surface area contributed by atoms with E-state index in [0.29, 0.717) is 5.56 Å². The van der Waals surface area contributed by atoms with Crippen molar-refractivity contribution in [1.29, 1.82) is 0 Å². The maximum Gasteiger partial charge on any atom is 0.248 e. The van der Waals surface area contributed by atoms with Gasteiger partial charge in [0.05, 0.1) is 5.75 Å². The fourth-order valence-electron chi connectivity index (χ4n) is 1.96. The second kappa shape index (κ2) is 5.50. The van der Waals surface area contributed by atoms with Crippen LogP contribution in [0.4, 0.5) is 0 Å². The quantitative estimate of drug-likeness (QED) is 0.672. The molecule has 1 saturated heterocycles. The van der Waals surface area contributed by atoms with Gasteiger partial charge in [-0.3, -0.25) is 0 Å². The Morgan fingerprint density at radius 1 is 1.50 bits per heavy atom. The van der Waals surface area contributed by atoms with Crippen molar-refractivity contribution in [1.82, 2.24) is 15.3 Å². The number of rotatable bonds is 3. The summed E-state index contributed by atoms with van der Waals surface area (Å²) >= 11 is 5.83. The predicted octanol–water partition coefficient (Wildman–Crippen LogP) is 1.35. The minimum Gasteiger partial charge on any atom is -0.313 e. The van der Waals surface area contributed by atoms with Crippen LogP contribution in [0.1, 0.15) is 24.8 Å². The molecular weight excluding hydrogens is 274 g/mol. The number of aryl methyl sites for hydroxylation is 1. The summed E-state index contributed by atoms with van der Waals surface area (Å²) in [7, 11) is -3.47. The first-order chi connectivity index (χ1) is 8.49. The fourth-order valence-corrected chi connectivity index (χ4v) is 3.55. The third-order valence-corrected chi connectivity index (χ3v) is 4.98. The first kappa shape index (κ1) is 13.7. The highest BCUT2D eigenvalue weighted by Crippen LogP contribution is 2.16. The molecule has 0 aromatic carbocycles. The molecule has 0 radical (unpaired) electrons. The zero-order chi connectivity index (χ0) is 13.2. The minimum atomic E-state index is -3.47. The number of aromatic nitrogens is 2. The first-order valence-electron chi connectivity index (χ1n) is 5.94. The van der Waals surface area contributed by atoms with Crippen LogP contribution in [0.2, 0.25) is 5.15 Å². The van der Waals surface area contributed by atoms with E-state index in [0.717, 1.165) is 25.8 Å². The standard InChI is InChI=1S/C11H16ClN3O2S/c1-8-6-14-11(15-10(8)12)18(16,17)7-9-4-2-3-5-13-9/h6,9,13H,2-5,7H2,1H3/t9-/m0/s1. The lowest BCUT2D eigenvalue weighted by molar-refractivity contribution is 0.423. The summed E-state index contributed by atoms with van der Waals surface area (Å²) in [5, 5.41) is 3.22. The van der Waals surface area contributed by atoms with Crippen LogP contribution in [0.15, 0.2) is 11.4 Å². The van der Waals surface area contributed by atoms with Crippen LogP contribution in [0.25, 0.3) is 0 Å². The molecule has 1 aliphatic rings. The topological polar surface area (TPSA) is 72.0 Å². The van der Waals surface area contributed by atoms with Gasteiger partial charge in [0.1, 0.15) is 5.15 Å². The highest BCUT2D eigenvalue weighted by molar-refractivity contribution is 7.91. The lowest BCUT2D eigenvalue weighted by atomic mass is 10.1. The van der Waals surface area contributed by atoms with Crippen LogP contribution in [0, 0.1) is 6.92 Å². The Morgan fingerprint density at radius 2 is 2.28 bits per heavy atom. The first-order valence-corrected chi connectivity index (χ1v) is 7.97. The van der Waals surface area contributed by atoms with Gasteiger partial charge in [0.15, 0.2) is 0 Å². The van der Waals surface area contributed by atoms with Crippen molar-refractivity contribution in [3.8, 4) is 0 Å². The van der Waals surface area contributed by atoms with Crippen LogP contribution >= 0.6 is 11.6 Å². The zero-order valence-electron chi connectivity index (χ0n) is 10.2. The Bertz CT molecular complexity index is 527. The molecule has 18 heavy (non-hydrogen) atoms. The predicted molar refractivity (Wildman–Crippen MR) is 69.5 cm³/mol. The molecule has 1 aliphatic heterocycles. The van der Waals surface area contributed by atoms with Gasteiger partial charge in [-0.25, -0.2) is 18.4 Å². The molecule has 0 amide bonds. The van der Waals surface area contributed by atoms with Crippen molar-refractivity contribution in [2.75, 3.05) is 12.3 Å². The van der Waals surface area contributed by atoms with E-state index in [2.05, 4.69) is 15.3 Å². The lowest BCUT2D eigenvalue weighted by Gasteiger charge is -2.22. The average molecular weight is 290 g/mol. The molecular formula is C11H16ClN3O2S. The van der Waals surface area contributed by atoms with Crippen molar-refractivity contribution < 1.29 is 8.42 Å². The lowest BCUT2D eigenvalue weighted by Crippen LogP contribution is -2.39. The van der Waals surface area contributed by atoms with Crippen LogP contribution in [-0.4, -0.2) is 36.7 Å². The van der Waals surface area contributed by atoms with E-state index < -0.39 is 9.84 Å². The molecule has 100 valence electrons. The summed E-state index contributed by atoms with van der Waals surface area (Å²) in [4.78, 5) is 7.71. The number of nitrogens with one attached hydrogen (secondary N) is 1. The Balaban J connectivity index is 2.16. The molecule has 0 unspecified atom stereocenters. The SMILES string of the molecule is Cc1cnc(S(=O)(=O)C[C@@H]2CCCCN2)nc1Cl. The molecule has 2 rings (SSSR count). The van der Waals surface area contributed by atoms with Gasteiger partial charge in [0, 0.05) is 17.8 Å². The monoisotopic (exact) mass is 289 g/mol. The third-order valence-electron chi connectivity index (χ3n) is 3.00. The van der Waals surface area contributed by atoms with Gasteiger partial charge in [-0.1, -0.05) is 18.0 Å². The van der Waals surface area contributed by atoms with E-state index >= 15 is 0 Å². The van der Waals surface area contributed by atoms with Crippen LogP contribution in [-0.2, 0) is 9.84 Å². The van der Waals surface area contributed by atoms with Crippen LogP contribution in [0.3, 0.4) is 0 Å². The number of nitrogens with zero attached hydrogens (tertiary/aromatic N) is 2. The normalized spacial score (nSPS) is 20.9. The number of sulfone groups is 1. The molecule has 7 heteroatoms. The number of hydrogen-bond donors (Lipinski definition) is 1. The average Bonchev–Trinajstić information content (AvgIpc) is 2.33. The summed E-state index contributed by atoms with van der Waals surface area (Å²) < 4.78 is 24.3. The molecule has 1 N–H and O–H groups in total. The number of hydrogen-bond acceptors (Lipinski definition) is 5. The maximum atomic E-state index is 12.1. The molecule has 1 aromatic heterocycles. The molecule has 0 aliphatic carbocycles. The van der Waals surface area contributed by atoms with Crippen molar-refractivity contribution in [2.45, 2.75) is 37.4 Å². The second-order valence-electron chi connectivity index (χ2n) is 4.55. The molecule has 1 fully saturated rings. The van der Waals surface area contributed by atoms with Gasteiger partial charge in [0.25, 0.3) is 0 Å². The Morgan fingerprint density at radius 3 is 2.89 bits per heavy atom. The summed E-state index contributed by atoms with van der Waals surface area (Å²) in [6, 6.07) is -0.00701. The van der Waals surface area contributed by atoms with E-state index in [1.54, 1.807) is 6.92 Å². The molecule has 5 nitrogen and oxygen atoms in total. The minimum absolute atomic E-state index is 0.00701. The molecule has 1 aromatic rings. The summed E-state index contributed by atoms with van der Waals surface area (Å²) in [6.45, 7) is 2.61. The second-order valence-corrected chi connectivity index (χ2v) is 6.84. The molecule has 2 heterocycles. The van der Waals surface area contributed by atoms with Gasteiger partial charge >= 0.3 is 0 Å². The van der Waals surface area contributed by atoms with E-state index in [1.165, 1.54) is 6.20 Å². The maximum absolute atomic E-state index is 12.1. The van der Waals surface area contributed by atoms with Gasteiger partial charge in [-0.2, -0.15) is 0 Å². The summed E-state index contributed by atoms with van der Waals surface area (Å²) in [6.07, 6.45) is 4.47. The van der Waals surface area contributed by atoms with E-state index in [4.69, 9.17) is 11.6 Å². The van der Waals surface area contributed by atoms with Crippen molar-refractivity contribution in [3.05, 3.63) is 16.9 Å². The smallest absolute Gasteiger partial charge is 0.248 e. The zero-order valence-corrected chi connectivity index (χ0v) is 11.8. The Kier molecular flexibility index (Phi) is 4.19. The van der Waals surface area contributed by atoms with Crippen LogP contribution < -0.4 is 5.32 Å². The van der Waals surface area contributed by atoms with Crippen LogP contribution in [0.5, 0.6) is 0 Å². The molecule has 1 atom stereocenters. The van der Waals surface area contributed by atoms with E-state index in [-0.39, 0.29) is 22.1 Å². The van der Waals surface area contributed by atoms with Gasteiger partial charge < -0.3 is 5.32 Å². The van der Waals surface area contributed by atoms with Crippen molar-refractivity contribution >= 4 is 21.4 Å². The van der Waals surface area contributed by atoms with Crippen molar-refractivity contribution in [3.63, 3.8) is 0 Å². The Labute approximate surface area is 112 Å². The highest BCUT2D eigenvalue weighted by atomic mass is 35.5. The van der Waals surface area contributed by atoms with E-state index in [1.807, 2.05) is 0 Å². The Hall–Kier alpha value is -0.720. The van der Waals surface area contributed by atoms with Gasteiger partial charge in [-0.15, -0.1) is 0 Å².